The smallest absolute Gasteiger partial charge is 0.245 e. The molecule has 23 heavy (non-hydrogen) atoms. The van der Waals surface area contributed by atoms with Crippen LogP contribution >= 0.6 is 11.3 Å². The predicted molar refractivity (Wildman–Crippen MR) is 90.1 cm³/mol. The van der Waals surface area contributed by atoms with Crippen LogP contribution in [0.3, 0.4) is 0 Å². The number of carbonyl (C=O) groups excluding carboxylic acids is 2. The van der Waals surface area contributed by atoms with Gasteiger partial charge in [0.25, 0.3) is 0 Å². The quantitative estimate of drug-likeness (QED) is 0.894. The second kappa shape index (κ2) is 6.49. The molecule has 0 saturated heterocycles. The second-order valence-corrected chi connectivity index (χ2v) is 7.28. The van der Waals surface area contributed by atoms with Crippen LogP contribution < -0.4 is 10.6 Å². The number of rotatable bonds is 4. The summed E-state index contributed by atoms with van der Waals surface area (Å²) < 4.78 is 1.90. The molecule has 0 unspecified atom stereocenters. The highest BCUT2D eigenvalue weighted by molar-refractivity contribution is 7.19. The third-order valence-electron chi connectivity index (χ3n) is 3.16. The van der Waals surface area contributed by atoms with Gasteiger partial charge in [0.1, 0.15) is 0 Å². The fraction of sp³-hybridized carbons (Fsp3) is 0.467. The Balaban J connectivity index is 2.00. The third-order valence-corrected chi connectivity index (χ3v) is 4.23. The van der Waals surface area contributed by atoms with Gasteiger partial charge in [-0.3, -0.25) is 9.59 Å². The van der Waals surface area contributed by atoms with Crippen LogP contribution in [0, 0.1) is 12.3 Å². The van der Waals surface area contributed by atoms with Crippen LogP contribution in [-0.4, -0.2) is 32.9 Å². The van der Waals surface area contributed by atoms with Crippen molar-refractivity contribution in [1.82, 2.24) is 19.9 Å². The minimum absolute atomic E-state index is 0.0769. The Bertz CT molecular complexity index is 727. The molecule has 7 nitrogen and oxygen atoms in total. The molecule has 0 saturated carbocycles. The SMILES string of the molecule is Cc1nc(NC(=O)CNC(=O)C(C)(C)C)sc1-c1nccn1C. The van der Waals surface area contributed by atoms with E-state index in [1.54, 1.807) is 27.0 Å². The lowest BCUT2D eigenvalue weighted by Crippen LogP contribution is -2.39. The summed E-state index contributed by atoms with van der Waals surface area (Å²) in [5.41, 5.74) is 0.280. The molecular formula is C15H21N5O2S. The molecule has 2 aromatic rings. The lowest BCUT2D eigenvalue weighted by molar-refractivity contribution is -0.130. The van der Waals surface area contributed by atoms with Gasteiger partial charge in [-0.1, -0.05) is 32.1 Å². The number of carbonyl (C=O) groups is 2. The van der Waals surface area contributed by atoms with Gasteiger partial charge in [-0.25, -0.2) is 9.97 Å². The maximum absolute atomic E-state index is 11.9. The van der Waals surface area contributed by atoms with E-state index >= 15 is 0 Å². The molecule has 0 bridgehead atoms. The molecule has 0 radical (unpaired) electrons. The molecule has 2 rings (SSSR count). The summed E-state index contributed by atoms with van der Waals surface area (Å²) in [5.74, 6) is 0.334. The number of anilines is 1. The van der Waals surface area contributed by atoms with Crippen molar-refractivity contribution < 1.29 is 9.59 Å². The van der Waals surface area contributed by atoms with Crippen molar-refractivity contribution in [3.63, 3.8) is 0 Å². The van der Waals surface area contributed by atoms with Gasteiger partial charge in [0.15, 0.2) is 11.0 Å². The van der Waals surface area contributed by atoms with Crippen LogP contribution in [0.2, 0.25) is 0 Å². The Kier molecular flexibility index (Phi) is 4.84. The number of aryl methyl sites for hydroxylation is 2. The molecule has 0 fully saturated rings. The number of amides is 2. The highest BCUT2D eigenvalue weighted by Gasteiger charge is 2.22. The first kappa shape index (κ1) is 17.1. The first-order valence-electron chi connectivity index (χ1n) is 7.21. The molecule has 0 aromatic carbocycles. The van der Waals surface area contributed by atoms with Gasteiger partial charge in [-0.2, -0.15) is 0 Å². The number of nitrogens with one attached hydrogen (secondary N) is 2. The largest absolute Gasteiger partial charge is 0.347 e. The van der Waals surface area contributed by atoms with Crippen LogP contribution in [0.1, 0.15) is 26.5 Å². The van der Waals surface area contributed by atoms with Gasteiger partial charge in [0.2, 0.25) is 11.8 Å². The van der Waals surface area contributed by atoms with E-state index in [-0.39, 0.29) is 18.4 Å². The Labute approximate surface area is 139 Å². The number of nitrogens with zero attached hydrogens (tertiary/aromatic N) is 3. The van der Waals surface area contributed by atoms with Crippen LogP contribution in [0.5, 0.6) is 0 Å². The average Bonchev–Trinajstić information content (AvgIpc) is 3.00. The van der Waals surface area contributed by atoms with Crippen molar-refractivity contribution in [3.05, 3.63) is 18.1 Å². The van der Waals surface area contributed by atoms with E-state index in [0.29, 0.717) is 5.13 Å². The van der Waals surface area contributed by atoms with Crippen LogP contribution in [0.4, 0.5) is 5.13 Å². The first-order chi connectivity index (χ1) is 10.7. The van der Waals surface area contributed by atoms with Crippen LogP contribution in [-0.2, 0) is 16.6 Å². The monoisotopic (exact) mass is 335 g/mol. The maximum atomic E-state index is 11.9. The number of thiazole rings is 1. The molecule has 0 spiro atoms. The van der Waals surface area contributed by atoms with Crippen molar-refractivity contribution >= 4 is 28.3 Å². The molecule has 2 N–H and O–H groups in total. The Morgan fingerprint density at radius 3 is 2.61 bits per heavy atom. The minimum Gasteiger partial charge on any atom is -0.347 e. The number of hydrogen-bond donors (Lipinski definition) is 2. The fourth-order valence-corrected chi connectivity index (χ4v) is 2.85. The fourth-order valence-electron chi connectivity index (χ4n) is 1.83. The molecule has 2 aromatic heterocycles. The lowest BCUT2D eigenvalue weighted by Gasteiger charge is -2.17. The number of imidazole rings is 1. The molecule has 0 aliphatic carbocycles. The number of hydrogen-bond acceptors (Lipinski definition) is 5. The van der Waals surface area contributed by atoms with Crippen LogP contribution in [0.25, 0.3) is 10.7 Å². The summed E-state index contributed by atoms with van der Waals surface area (Å²) in [6.45, 7) is 7.18. The van der Waals surface area contributed by atoms with E-state index < -0.39 is 5.41 Å². The summed E-state index contributed by atoms with van der Waals surface area (Å²) in [4.78, 5) is 33.2. The van der Waals surface area contributed by atoms with Crippen molar-refractivity contribution in [1.29, 1.82) is 0 Å². The van der Waals surface area contributed by atoms with Crippen molar-refractivity contribution in [2.24, 2.45) is 12.5 Å². The molecule has 124 valence electrons. The topological polar surface area (TPSA) is 88.9 Å². The van der Waals surface area contributed by atoms with Crippen molar-refractivity contribution in [3.8, 4) is 10.7 Å². The van der Waals surface area contributed by atoms with Gasteiger partial charge < -0.3 is 15.2 Å². The molecule has 2 heterocycles. The zero-order valence-corrected chi connectivity index (χ0v) is 14.7. The van der Waals surface area contributed by atoms with Crippen molar-refractivity contribution in [2.75, 3.05) is 11.9 Å². The Morgan fingerprint density at radius 2 is 2.04 bits per heavy atom. The number of aromatic nitrogens is 3. The van der Waals surface area contributed by atoms with Gasteiger partial charge in [-0.05, 0) is 6.92 Å². The molecule has 0 aliphatic rings. The highest BCUT2D eigenvalue weighted by atomic mass is 32.1. The standard InChI is InChI=1S/C15H21N5O2S/c1-9-11(12-16-6-7-20(12)5)23-14(18-9)19-10(21)8-17-13(22)15(2,3)4/h6-7H,8H2,1-5H3,(H,17,22)(H,18,19,21). The normalized spacial score (nSPS) is 11.3. The molecule has 8 heteroatoms. The second-order valence-electron chi connectivity index (χ2n) is 6.28. The lowest BCUT2D eigenvalue weighted by atomic mass is 9.96. The minimum atomic E-state index is -0.524. The summed E-state index contributed by atoms with van der Waals surface area (Å²) in [6.07, 6.45) is 3.57. The van der Waals surface area contributed by atoms with Gasteiger partial charge in [0.05, 0.1) is 17.1 Å². The van der Waals surface area contributed by atoms with Crippen molar-refractivity contribution in [2.45, 2.75) is 27.7 Å². The summed E-state index contributed by atoms with van der Waals surface area (Å²) in [6, 6.07) is 0. The third kappa shape index (κ3) is 4.16. The predicted octanol–water partition coefficient (Wildman–Crippen LogP) is 1.95. The first-order valence-corrected chi connectivity index (χ1v) is 8.03. The van der Waals surface area contributed by atoms with Gasteiger partial charge in [-0.15, -0.1) is 0 Å². The Hall–Kier alpha value is -2.22. The van der Waals surface area contributed by atoms with Gasteiger partial charge in [0, 0.05) is 24.9 Å². The van der Waals surface area contributed by atoms with E-state index in [2.05, 4.69) is 20.6 Å². The zero-order valence-electron chi connectivity index (χ0n) is 13.9. The van der Waals surface area contributed by atoms with E-state index in [1.165, 1.54) is 11.3 Å². The van der Waals surface area contributed by atoms with Crippen LogP contribution in [0.15, 0.2) is 12.4 Å². The summed E-state index contributed by atoms with van der Waals surface area (Å²) in [5, 5.41) is 5.81. The summed E-state index contributed by atoms with van der Waals surface area (Å²) >= 11 is 1.36. The molecule has 0 atom stereocenters. The molecule has 2 amide bonds. The summed E-state index contributed by atoms with van der Waals surface area (Å²) in [7, 11) is 1.90. The van der Waals surface area contributed by atoms with E-state index in [1.807, 2.05) is 24.7 Å². The zero-order chi connectivity index (χ0) is 17.2. The van der Waals surface area contributed by atoms with E-state index in [4.69, 9.17) is 0 Å². The van der Waals surface area contributed by atoms with Gasteiger partial charge >= 0.3 is 0 Å². The highest BCUT2D eigenvalue weighted by Crippen LogP contribution is 2.31. The maximum Gasteiger partial charge on any atom is 0.245 e. The Morgan fingerprint density at radius 1 is 1.35 bits per heavy atom. The molecular weight excluding hydrogens is 314 g/mol. The van der Waals surface area contributed by atoms with E-state index in [9.17, 15) is 9.59 Å². The molecule has 0 aliphatic heterocycles. The average molecular weight is 335 g/mol. The van der Waals surface area contributed by atoms with E-state index in [0.717, 1.165) is 16.4 Å².